The molecule has 1 rings (SSSR count). The standard InChI is InChI=1S/C14H20N2O3/c1-4-8-15-9-7-14(17)16-12-6-5-11(18-2)10-13(12)19-3/h4-6,10,15H,1,7-9H2,2-3H3,(H,16,17). The Bertz CT molecular complexity index is 433. The molecule has 0 saturated carbocycles. The molecule has 0 spiro atoms. The van der Waals surface area contributed by atoms with Gasteiger partial charge in [0, 0.05) is 25.6 Å². The fraction of sp³-hybridized carbons (Fsp3) is 0.357. The molecule has 1 aromatic carbocycles. The molecule has 0 atom stereocenters. The van der Waals surface area contributed by atoms with Gasteiger partial charge in [0.2, 0.25) is 5.91 Å². The molecule has 0 aliphatic heterocycles. The number of ether oxygens (including phenoxy) is 2. The van der Waals surface area contributed by atoms with Crippen LogP contribution in [0.4, 0.5) is 5.69 Å². The summed E-state index contributed by atoms with van der Waals surface area (Å²) in [5.41, 5.74) is 0.636. The fourth-order valence-electron chi connectivity index (χ4n) is 1.52. The summed E-state index contributed by atoms with van der Waals surface area (Å²) in [7, 11) is 3.13. The number of rotatable bonds is 8. The summed E-state index contributed by atoms with van der Waals surface area (Å²) in [5.74, 6) is 1.19. The van der Waals surface area contributed by atoms with Gasteiger partial charge in [-0.25, -0.2) is 0 Å². The molecule has 1 aromatic rings. The number of nitrogens with one attached hydrogen (secondary N) is 2. The third kappa shape index (κ3) is 5.01. The highest BCUT2D eigenvalue weighted by Crippen LogP contribution is 2.28. The molecule has 5 heteroatoms. The van der Waals surface area contributed by atoms with Gasteiger partial charge in [-0.05, 0) is 12.1 Å². The van der Waals surface area contributed by atoms with Gasteiger partial charge >= 0.3 is 0 Å². The summed E-state index contributed by atoms with van der Waals surface area (Å²) in [6.45, 7) is 4.89. The summed E-state index contributed by atoms with van der Waals surface area (Å²) in [4.78, 5) is 11.7. The van der Waals surface area contributed by atoms with E-state index in [0.717, 1.165) is 0 Å². The average Bonchev–Trinajstić information content (AvgIpc) is 2.44. The highest BCUT2D eigenvalue weighted by molar-refractivity contribution is 5.92. The number of amides is 1. The van der Waals surface area contributed by atoms with Crippen LogP contribution in [0.15, 0.2) is 30.9 Å². The maximum Gasteiger partial charge on any atom is 0.225 e. The van der Waals surface area contributed by atoms with Gasteiger partial charge in [0.15, 0.2) is 0 Å². The summed E-state index contributed by atoms with van der Waals surface area (Å²) < 4.78 is 10.3. The molecule has 0 radical (unpaired) electrons. The molecule has 0 unspecified atom stereocenters. The first-order valence-corrected chi connectivity index (χ1v) is 6.04. The van der Waals surface area contributed by atoms with Gasteiger partial charge in [-0.1, -0.05) is 6.08 Å². The smallest absolute Gasteiger partial charge is 0.225 e. The summed E-state index contributed by atoms with van der Waals surface area (Å²) in [5, 5.41) is 5.87. The SMILES string of the molecule is C=CCNCCC(=O)Nc1ccc(OC)cc1OC. The van der Waals surface area contributed by atoms with E-state index < -0.39 is 0 Å². The van der Waals surface area contributed by atoms with Crippen LogP contribution < -0.4 is 20.1 Å². The van der Waals surface area contributed by atoms with Crippen molar-refractivity contribution in [2.24, 2.45) is 0 Å². The number of hydrogen-bond donors (Lipinski definition) is 2. The van der Waals surface area contributed by atoms with Gasteiger partial charge in [0.1, 0.15) is 11.5 Å². The molecule has 19 heavy (non-hydrogen) atoms. The predicted octanol–water partition coefficient (Wildman–Crippen LogP) is 1.81. The van der Waals surface area contributed by atoms with Crippen molar-refractivity contribution in [1.82, 2.24) is 5.32 Å². The molecule has 0 heterocycles. The molecule has 0 aliphatic rings. The second-order valence-electron chi connectivity index (χ2n) is 3.86. The highest BCUT2D eigenvalue weighted by Gasteiger charge is 2.08. The van der Waals surface area contributed by atoms with E-state index in [1.807, 2.05) is 0 Å². The Morgan fingerprint density at radius 1 is 1.37 bits per heavy atom. The molecule has 0 aromatic heterocycles. The predicted molar refractivity (Wildman–Crippen MR) is 75.9 cm³/mol. The molecule has 0 saturated heterocycles. The molecule has 104 valence electrons. The fourth-order valence-corrected chi connectivity index (χ4v) is 1.52. The Hall–Kier alpha value is -2.01. The van der Waals surface area contributed by atoms with Crippen LogP contribution in [0.1, 0.15) is 6.42 Å². The quantitative estimate of drug-likeness (QED) is 0.555. The molecule has 0 fully saturated rings. The molecular weight excluding hydrogens is 244 g/mol. The van der Waals surface area contributed by atoms with Crippen LogP contribution in [-0.4, -0.2) is 33.2 Å². The lowest BCUT2D eigenvalue weighted by Gasteiger charge is -2.11. The summed E-state index contributed by atoms with van der Waals surface area (Å²) in [6, 6.07) is 5.26. The zero-order valence-electron chi connectivity index (χ0n) is 11.4. The lowest BCUT2D eigenvalue weighted by atomic mass is 10.2. The second kappa shape index (κ2) is 8.16. The zero-order valence-corrected chi connectivity index (χ0v) is 11.4. The van der Waals surface area contributed by atoms with Crippen molar-refractivity contribution in [3.05, 3.63) is 30.9 Å². The van der Waals surface area contributed by atoms with Crippen molar-refractivity contribution in [3.8, 4) is 11.5 Å². The largest absolute Gasteiger partial charge is 0.497 e. The van der Waals surface area contributed by atoms with Crippen molar-refractivity contribution in [2.75, 3.05) is 32.6 Å². The minimum absolute atomic E-state index is 0.0694. The first-order valence-electron chi connectivity index (χ1n) is 6.04. The summed E-state index contributed by atoms with van der Waals surface area (Å²) in [6.07, 6.45) is 2.15. The third-order valence-electron chi connectivity index (χ3n) is 2.50. The molecule has 2 N–H and O–H groups in total. The number of anilines is 1. The van der Waals surface area contributed by atoms with Gasteiger partial charge in [-0.2, -0.15) is 0 Å². The first-order chi connectivity index (χ1) is 9.21. The molecule has 0 aliphatic carbocycles. The maximum atomic E-state index is 11.7. The van der Waals surface area contributed by atoms with E-state index in [-0.39, 0.29) is 5.91 Å². The average molecular weight is 264 g/mol. The Balaban J connectivity index is 2.55. The van der Waals surface area contributed by atoms with Crippen LogP contribution in [0.3, 0.4) is 0 Å². The van der Waals surface area contributed by atoms with Crippen molar-refractivity contribution < 1.29 is 14.3 Å². The van der Waals surface area contributed by atoms with Gasteiger partial charge < -0.3 is 20.1 Å². The monoisotopic (exact) mass is 264 g/mol. The summed E-state index contributed by atoms with van der Waals surface area (Å²) >= 11 is 0. The van der Waals surface area contributed by atoms with E-state index in [1.165, 1.54) is 0 Å². The van der Waals surface area contributed by atoms with E-state index in [9.17, 15) is 4.79 Å². The highest BCUT2D eigenvalue weighted by atomic mass is 16.5. The van der Waals surface area contributed by atoms with E-state index >= 15 is 0 Å². The van der Waals surface area contributed by atoms with Crippen molar-refractivity contribution in [2.45, 2.75) is 6.42 Å². The number of benzene rings is 1. The van der Waals surface area contributed by atoms with Gasteiger partial charge in [-0.3, -0.25) is 4.79 Å². The zero-order chi connectivity index (χ0) is 14.1. The Kier molecular flexibility index (Phi) is 6.46. The Morgan fingerprint density at radius 2 is 2.16 bits per heavy atom. The van der Waals surface area contributed by atoms with Crippen LogP contribution in [0.2, 0.25) is 0 Å². The van der Waals surface area contributed by atoms with Crippen LogP contribution in [0, 0.1) is 0 Å². The van der Waals surface area contributed by atoms with Crippen molar-refractivity contribution >= 4 is 11.6 Å². The van der Waals surface area contributed by atoms with Gasteiger partial charge in [0.25, 0.3) is 0 Å². The Morgan fingerprint density at radius 3 is 2.79 bits per heavy atom. The van der Waals surface area contributed by atoms with Gasteiger partial charge in [-0.15, -0.1) is 6.58 Å². The number of hydrogen-bond acceptors (Lipinski definition) is 4. The minimum Gasteiger partial charge on any atom is -0.497 e. The maximum absolute atomic E-state index is 11.7. The van der Waals surface area contributed by atoms with Crippen LogP contribution in [-0.2, 0) is 4.79 Å². The first kappa shape index (κ1) is 15.0. The second-order valence-corrected chi connectivity index (χ2v) is 3.86. The lowest BCUT2D eigenvalue weighted by molar-refractivity contribution is -0.116. The normalized spacial score (nSPS) is 9.79. The molecule has 1 amide bonds. The van der Waals surface area contributed by atoms with E-state index in [4.69, 9.17) is 9.47 Å². The number of methoxy groups -OCH3 is 2. The molecule has 0 bridgehead atoms. The topological polar surface area (TPSA) is 59.6 Å². The van der Waals surface area contributed by atoms with Crippen molar-refractivity contribution in [3.63, 3.8) is 0 Å². The van der Waals surface area contributed by atoms with Crippen molar-refractivity contribution in [1.29, 1.82) is 0 Å². The number of carbonyl (C=O) groups is 1. The van der Waals surface area contributed by atoms with Crippen LogP contribution in [0.25, 0.3) is 0 Å². The van der Waals surface area contributed by atoms with Crippen LogP contribution in [0.5, 0.6) is 11.5 Å². The molecule has 5 nitrogen and oxygen atoms in total. The van der Waals surface area contributed by atoms with E-state index in [2.05, 4.69) is 17.2 Å². The lowest BCUT2D eigenvalue weighted by Crippen LogP contribution is -2.21. The number of carbonyl (C=O) groups excluding carboxylic acids is 1. The van der Waals surface area contributed by atoms with E-state index in [1.54, 1.807) is 38.5 Å². The van der Waals surface area contributed by atoms with Gasteiger partial charge in [0.05, 0.1) is 19.9 Å². The molecular formula is C14H20N2O3. The third-order valence-corrected chi connectivity index (χ3v) is 2.50. The minimum atomic E-state index is -0.0694. The van der Waals surface area contributed by atoms with E-state index in [0.29, 0.717) is 36.7 Å². The Labute approximate surface area is 113 Å². The van der Waals surface area contributed by atoms with Crippen LogP contribution >= 0.6 is 0 Å².